The van der Waals surface area contributed by atoms with Crippen LogP contribution in [0.4, 0.5) is 17.6 Å². The molecule has 0 unspecified atom stereocenters. The third-order valence-electron chi connectivity index (χ3n) is 13.5. The Morgan fingerprint density at radius 3 is 0.868 bits per heavy atom. The van der Waals surface area contributed by atoms with Crippen LogP contribution in [0.3, 0.4) is 0 Å². The maximum absolute atomic E-state index is 14.3. The molecule has 360 valence electrons. The van der Waals surface area contributed by atoms with Crippen LogP contribution in [0.25, 0.3) is 0 Å². The third-order valence-corrected chi connectivity index (χ3v) is 13.5. The smallest absolute Gasteiger partial charge is 0.225 e. The van der Waals surface area contributed by atoms with Crippen LogP contribution in [0, 0.1) is 58.8 Å². The number of nitrogens with zero attached hydrogens (tertiary/aromatic N) is 2. The number of carbonyl (C=O) groups excluding carboxylic acids is 6. The van der Waals surface area contributed by atoms with Crippen molar-refractivity contribution in [1.82, 2.24) is 31.1 Å². The molecule has 6 amide bonds. The van der Waals surface area contributed by atoms with E-state index in [4.69, 9.17) is 0 Å². The Hall–Kier alpha value is -6.58. The van der Waals surface area contributed by atoms with Crippen molar-refractivity contribution in [1.29, 1.82) is 0 Å². The molecule has 1 aliphatic carbocycles. The average molecular weight is 939 g/mol. The molecule has 0 bridgehead atoms. The van der Waals surface area contributed by atoms with Gasteiger partial charge in [-0.1, -0.05) is 55.0 Å². The molecule has 16 heteroatoms. The average Bonchev–Trinajstić information content (AvgIpc) is 4.01. The first-order chi connectivity index (χ1) is 32.8. The van der Waals surface area contributed by atoms with Gasteiger partial charge in [0.1, 0.15) is 23.3 Å². The maximum atomic E-state index is 14.3. The van der Waals surface area contributed by atoms with Crippen LogP contribution < -0.4 is 21.3 Å². The number of nitrogens with one attached hydrogen (secondary N) is 4. The van der Waals surface area contributed by atoms with Crippen molar-refractivity contribution in [2.45, 2.75) is 51.4 Å². The van der Waals surface area contributed by atoms with Crippen molar-refractivity contribution in [3.8, 4) is 0 Å². The van der Waals surface area contributed by atoms with E-state index in [9.17, 15) is 46.3 Å². The summed E-state index contributed by atoms with van der Waals surface area (Å²) in [5.74, 6) is -8.16. The van der Waals surface area contributed by atoms with Crippen molar-refractivity contribution in [3.63, 3.8) is 0 Å². The van der Waals surface area contributed by atoms with Crippen molar-refractivity contribution in [2.75, 3.05) is 52.4 Å². The van der Waals surface area contributed by atoms with E-state index < -0.39 is 59.1 Å². The van der Waals surface area contributed by atoms with Crippen LogP contribution >= 0.6 is 0 Å². The highest BCUT2D eigenvalue weighted by atomic mass is 19.1. The van der Waals surface area contributed by atoms with E-state index in [0.717, 1.165) is 22.3 Å². The fourth-order valence-corrected chi connectivity index (χ4v) is 9.63. The monoisotopic (exact) mass is 938 g/mol. The Morgan fingerprint density at radius 1 is 0.397 bits per heavy atom. The minimum Gasteiger partial charge on any atom is -0.355 e. The predicted molar refractivity (Wildman–Crippen MR) is 245 cm³/mol. The number of hydrogen-bond acceptors (Lipinski definition) is 6. The molecule has 3 aliphatic rings. The summed E-state index contributed by atoms with van der Waals surface area (Å²) in [6.07, 6.45) is 3.49. The third kappa shape index (κ3) is 13.3. The lowest BCUT2D eigenvalue weighted by atomic mass is 9.80. The van der Waals surface area contributed by atoms with Gasteiger partial charge in [0.05, 0.1) is 23.7 Å². The van der Waals surface area contributed by atoms with Gasteiger partial charge < -0.3 is 31.1 Å². The second-order valence-corrected chi connectivity index (χ2v) is 18.1. The summed E-state index contributed by atoms with van der Waals surface area (Å²) in [6.45, 7) is 0.897. The summed E-state index contributed by atoms with van der Waals surface area (Å²) >= 11 is 0. The number of hydrogen-bond donors (Lipinski definition) is 4. The molecule has 2 saturated heterocycles. The highest BCUT2D eigenvalue weighted by molar-refractivity contribution is 5.92. The maximum Gasteiger partial charge on any atom is 0.225 e. The van der Waals surface area contributed by atoms with E-state index in [1.807, 2.05) is 0 Å². The zero-order valence-electron chi connectivity index (χ0n) is 37.9. The van der Waals surface area contributed by atoms with Crippen LogP contribution in [-0.2, 0) is 54.5 Å². The Labute approximate surface area is 393 Å². The molecule has 4 aromatic carbocycles. The fraction of sp³-hybridized carbons (Fsp3) is 0.423. The van der Waals surface area contributed by atoms with Gasteiger partial charge in [-0.15, -0.1) is 0 Å². The fourth-order valence-electron chi connectivity index (χ4n) is 9.63. The molecule has 7 rings (SSSR count). The van der Waals surface area contributed by atoms with Crippen LogP contribution in [-0.4, -0.2) is 97.6 Å². The minimum atomic E-state index is -0.860. The highest BCUT2D eigenvalue weighted by Crippen LogP contribution is 2.36. The van der Waals surface area contributed by atoms with Crippen LogP contribution in [0.5, 0.6) is 0 Å². The molecule has 1 saturated carbocycles. The molecule has 4 aromatic rings. The van der Waals surface area contributed by atoms with Crippen LogP contribution in [0.15, 0.2) is 97.1 Å². The van der Waals surface area contributed by atoms with Gasteiger partial charge in [-0.25, -0.2) is 17.6 Å². The molecule has 2 aliphatic heterocycles. The molecule has 0 radical (unpaired) electrons. The van der Waals surface area contributed by atoms with Gasteiger partial charge in [0, 0.05) is 64.2 Å². The first kappa shape index (κ1) is 49.3. The largest absolute Gasteiger partial charge is 0.355 e. The summed E-state index contributed by atoms with van der Waals surface area (Å²) in [4.78, 5) is 86.7. The molecule has 2 heterocycles. The van der Waals surface area contributed by atoms with Gasteiger partial charge in [0.25, 0.3) is 0 Å². The predicted octanol–water partition coefficient (Wildman–Crippen LogP) is 4.93. The Morgan fingerprint density at radius 2 is 0.632 bits per heavy atom. The van der Waals surface area contributed by atoms with Crippen molar-refractivity contribution in [2.24, 2.45) is 35.5 Å². The van der Waals surface area contributed by atoms with Gasteiger partial charge in [0.2, 0.25) is 35.4 Å². The summed E-state index contributed by atoms with van der Waals surface area (Å²) in [5, 5.41) is 11.6. The van der Waals surface area contributed by atoms with E-state index in [2.05, 4.69) is 21.3 Å². The van der Waals surface area contributed by atoms with Crippen LogP contribution in [0.2, 0.25) is 0 Å². The summed E-state index contributed by atoms with van der Waals surface area (Å²) in [6, 6.07) is 23.7. The van der Waals surface area contributed by atoms with E-state index in [1.54, 1.807) is 58.3 Å². The molecule has 68 heavy (non-hydrogen) atoms. The summed E-state index contributed by atoms with van der Waals surface area (Å²) in [7, 11) is 0. The van der Waals surface area contributed by atoms with Gasteiger partial charge in [-0.3, -0.25) is 28.8 Å². The normalized spacial score (nSPS) is 21.2. The molecule has 0 aromatic heterocycles. The number of likely N-dealkylation sites (tertiary alicyclic amines) is 2. The number of benzene rings is 4. The topological polar surface area (TPSA) is 157 Å². The molecule has 4 N–H and O–H groups in total. The number of halogens is 4. The zero-order valence-corrected chi connectivity index (χ0v) is 37.9. The summed E-state index contributed by atoms with van der Waals surface area (Å²) in [5.41, 5.74) is 3.26. The lowest BCUT2D eigenvalue weighted by Gasteiger charge is -2.32. The number of carbonyl (C=O) groups is 6. The quantitative estimate of drug-likeness (QED) is 0.104. The Kier molecular flexibility index (Phi) is 17.0. The number of amides is 6. The minimum absolute atomic E-state index is 0.00555. The lowest BCUT2D eigenvalue weighted by molar-refractivity contribution is -0.140. The second kappa shape index (κ2) is 23.4. The number of rotatable bonds is 18. The lowest BCUT2D eigenvalue weighted by Crippen LogP contribution is -2.42. The van der Waals surface area contributed by atoms with Gasteiger partial charge >= 0.3 is 0 Å². The summed E-state index contributed by atoms with van der Waals surface area (Å²) < 4.78 is 53.9. The SMILES string of the molecule is O=C(NCCc1ccc(F)cc1)[C@@H]1CN(C(=O)[C@@H]2CCC[C@@H](C(=O)N3C[C@@H](C(=O)NCCc4ccc(F)cc4)[C@H](C(=O)NCCc4ccc(F)cc4)C3)C2)C[C@H]1C(=O)NCCc1ccc(F)cc1. The Bertz CT molecular complexity index is 2080. The van der Waals surface area contributed by atoms with E-state index >= 15 is 0 Å². The molecular formula is C52H58F4N6O6. The first-order valence-electron chi connectivity index (χ1n) is 23.5. The first-order valence-corrected chi connectivity index (χ1v) is 23.5. The van der Waals surface area contributed by atoms with E-state index in [0.29, 0.717) is 44.9 Å². The standard InChI is InChI=1S/C52H58F4N6O6/c53-39-12-4-33(5-13-39)20-24-57-47(63)43-29-61(30-44(43)48(64)58-25-21-34-6-14-40(54)15-7-34)51(67)37-2-1-3-38(28-37)52(68)62-31-45(49(65)59-26-22-35-8-16-41(55)17-9-35)46(32-62)50(66)60-27-23-36-10-18-42(56)19-11-36/h4-19,37-38,43-46H,1-3,20-32H2,(H,57,63)(H,58,64)(H,59,65)(H,60,66)/t37-,38-,43-,44-,45-,46-/m1/s1. The van der Waals surface area contributed by atoms with E-state index in [-0.39, 0.29) is 93.9 Å². The highest BCUT2D eigenvalue weighted by Gasteiger charge is 2.48. The van der Waals surface area contributed by atoms with Gasteiger partial charge in [-0.2, -0.15) is 0 Å². The Balaban J connectivity index is 0.982. The second-order valence-electron chi connectivity index (χ2n) is 18.1. The van der Waals surface area contributed by atoms with Crippen molar-refractivity contribution in [3.05, 3.63) is 143 Å². The zero-order chi connectivity index (χ0) is 48.2. The van der Waals surface area contributed by atoms with E-state index in [1.165, 1.54) is 48.5 Å². The molecular weight excluding hydrogens is 881 g/mol. The van der Waals surface area contributed by atoms with Crippen molar-refractivity contribution < 1.29 is 46.3 Å². The molecule has 6 atom stereocenters. The molecule has 12 nitrogen and oxygen atoms in total. The van der Waals surface area contributed by atoms with Gasteiger partial charge in [0.15, 0.2) is 0 Å². The molecule has 3 fully saturated rings. The van der Waals surface area contributed by atoms with Crippen LogP contribution in [0.1, 0.15) is 47.9 Å². The van der Waals surface area contributed by atoms with Gasteiger partial charge in [-0.05, 0) is 116 Å². The molecule has 0 spiro atoms. The van der Waals surface area contributed by atoms with Crippen molar-refractivity contribution >= 4 is 35.4 Å².